The van der Waals surface area contributed by atoms with Gasteiger partial charge in [0.1, 0.15) is 6.26 Å². The summed E-state index contributed by atoms with van der Waals surface area (Å²) in [4.78, 5) is 23.9. The highest BCUT2D eigenvalue weighted by Gasteiger charge is 2.25. The van der Waals surface area contributed by atoms with Crippen LogP contribution < -0.4 is 5.32 Å². The molecule has 1 aliphatic rings. The summed E-state index contributed by atoms with van der Waals surface area (Å²) in [5.41, 5.74) is 1.66. The predicted molar refractivity (Wildman–Crippen MR) is 106 cm³/mol. The highest BCUT2D eigenvalue weighted by molar-refractivity contribution is 5.76. The van der Waals surface area contributed by atoms with E-state index in [4.69, 9.17) is 8.94 Å². The lowest BCUT2D eigenvalue weighted by Crippen LogP contribution is -2.40. The van der Waals surface area contributed by atoms with E-state index in [0.29, 0.717) is 31.1 Å². The lowest BCUT2D eigenvalue weighted by molar-refractivity contribution is -0.134. The van der Waals surface area contributed by atoms with Crippen LogP contribution in [0.5, 0.6) is 0 Å². The van der Waals surface area contributed by atoms with Crippen molar-refractivity contribution < 1.29 is 13.7 Å². The van der Waals surface area contributed by atoms with Crippen molar-refractivity contribution in [1.29, 1.82) is 0 Å². The molecule has 8 nitrogen and oxygen atoms in total. The minimum atomic E-state index is 0.0885. The third-order valence-electron chi connectivity index (χ3n) is 5.17. The van der Waals surface area contributed by atoms with Crippen LogP contribution >= 0.6 is 0 Å². The Bertz CT molecular complexity index is 886. The van der Waals surface area contributed by atoms with Gasteiger partial charge >= 0.3 is 0 Å². The number of nitrogens with one attached hydrogen (secondary N) is 1. The van der Waals surface area contributed by atoms with E-state index in [1.165, 1.54) is 0 Å². The highest BCUT2D eigenvalue weighted by atomic mass is 16.5. The molecule has 1 amide bonds. The number of pyridine rings is 1. The van der Waals surface area contributed by atoms with Crippen molar-refractivity contribution in [1.82, 2.24) is 25.3 Å². The zero-order chi connectivity index (χ0) is 19.9. The van der Waals surface area contributed by atoms with E-state index in [1.54, 1.807) is 24.8 Å². The second kappa shape index (κ2) is 9.47. The Balaban J connectivity index is 1.42. The van der Waals surface area contributed by atoms with E-state index in [2.05, 4.69) is 20.4 Å². The van der Waals surface area contributed by atoms with Gasteiger partial charge in [-0.25, -0.2) is 0 Å². The lowest BCUT2D eigenvalue weighted by Gasteiger charge is -2.31. The number of carbonyl (C=O) groups excluding carboxylic acids is 1. The monoisotopic (exact) mass is 395 g/mol. The minimum absolute atomic E-state index is 0.0885. The van der Waals surface area contributed by atoms with Crippen LogP contribution in [0.4, 0.5) is 0 Å². The van der Waals surface area contributed by atoms with Crippen LogP contribution in [0, 0.1) is 0 Å². The summed E-state index contributed by atoms with van der Waals surface area (Å²) in [6.45, 7) is 2.45. The molecule has 1 N–H and O–H groups in total. The maximum atomic E-state index is 13.1. The van der Waals surface area contributed by atoms with Crippen LogP contribution in [0.3, 0.4) is 0 Å². The smallest absolute Gasteiger partial charge is 0.227 e. The summed E-state index contributed by atoms with van der Waals surface area (Å²) in [5.74, 6) is 1.02. The number of nitrogens with zero attached hydrogens (tertiary/aromatic N) is 4. The zero-order valence-electron chi connectivity index (χ0n) is 16.3. The highest BCUT2D eigenvalue weighted by Crippen LogP contribution is 2.19. The van der Waals surface area contributed by atoms with E-state index >= 15 is 0 Å². The van der Waals surface area contributed by atoms with Crippen molar-refractivity contribution in [3.8, 4) is 11.4 Å². The van der Waals surface area contributed by atoms with Gasteiger partial charge in [-0.15, -0.1) is 0 Å². The van der Waals surface area contributed by atoms with Crippen LogP contribution in [-0.4, -0.2) is 45.1 Å². The molecule has 4 rings (SSSR count). The van der Waals surface area contributed by atoms with Crippen LogP contribution in [0.1, 0.15) is 37.3 Å². The third kappa shape index (κ3) is 5.08. The lowest BCUT2D eigenvalue weighted by atomic mass is 10.1. The Kier molecular flexibility index (Phi) is 6.31. The molecule has 152 valence electrons. The molecule has 0 saturated carbocycles. The molecule has 1 atom stereocenters. The van der Waals surface area contributed by atoms with Crippen LogP contribution in [0.2, 0.25) is 0 Å². The topological polar surface area (TPSA) is 97.3 Å². The maximum absolute atomic E-state index is 13.1. The van der Waals surface area contributed by atoms with Crippen LogP contribution in [-0.2, 0) is 17.8 Å². The molecule has 0 bridgehead atoms. The fourth-order valence-electron chi connectivity index (χ4n) is 3.62. The Hall–Kier alpha value is -3.00. The number of hydrogen-bond acceptors (Lipinski definition) is 7. The molecule has 29 heavy (non-hydrogen) atoms. The van der Waals surface area contributed by atoms with Crippen molar-refractivity contribution >= 4 is 5.91 Å². The SMILES string of the molecule is O=C(CCc1nc(-c2ccoc2)no1)N(Cc1ccccn1)C1CCCNCC1. The van der Waals surface area contributed by atoms with Crippen molar-refractivity contribution in [3.05, 3.63) is 54.6 Å². The molecule has 1 aliphatic heterocycles. The Morgan fingerprint density at radius 3 is 3.03 bits per heavy atom. The van der Waals surface area contributed by atoms with Crippen molar-refractivity contribution in [2.75, 3.05) is 13.1 Å². The number of rotatable bonds is 7. The summed E-state index contributed by atoms with van der Waals surface area (Å²) < 4.78 is 10.4. The quantitative estimate of drug-likeness (QED) is 0.657. The first-order valence-corrected chi connectivity index (χ1v) is 10.0. The summed E-state index contributed by atoms with van der Waals surface area (Å²) in [6, 6.07) is 7.79. The molecule has 3 aromatic rings. The van der Waals surface area contributed by atoms with E-state index in [0.717, 1.165) is 43.6 Å². The van der Waals surface area contributed by atoms with Gasteiger partial charge in [0.2, 0.25) is 17.6 Å². The number of carbonyl (C=O) groups is 1. The zero-order valence-corrected chi connectivity index (χ0v) is 16.3. The Labute approximate surface area is 169 Å². The second-order valence-electron chi connectivity index (χ2n) is 7.20. The Morgan fingerprint density at radius 2 is 2.21 bits per heavy atom. The molecule has 0 aliphatic carbocycles. The van der Waals surface area contributed by atoms with Crippen molar-refractivity contribution in [3.63, 3.8) is 0 Å². The second-order valence-corrected chi connectivity index (χ2v) is 7.20. The molecule has 1 saturated heterocycles. The van der Waals surface area contributed by atoms with Gasteiger partial charge < -0.3 is 19.2 Å². The molecule has 4 heterocycles. The van der Waals surface area contributed by atoms with E-state index in [-0.39, 0.29) is 11.9 Å². The first-order chi connectivity index (χ1) is 14.3. The number of aromatic nitrogens is 3. The number of amides is 1. The molecule has 1 unspecified atom stereocenters. The summed E-state index contributed by atoms with van der Waals surface area (Å²) in [7, 11) is 0. The number of hydrogen-bond donors (Lipinski definition) is 1. The summed E-state index contributed by atoms with van der Waals surface area (Å²) in [6.07, 6.45) is 8.63. The average molecular weight is 395 g/mol. The van der Waals surface area contributed by atoms with Gasteiger partial charge in [0.15, 0.2) is 0 Å². The molecular weight excluding hydrogens is 370 g/mol. The van der Waals surface area contributed by atoms with Gasteiger partial charge in [0.05, 0.1) is 24.1 Å². The standard InChI is InChI=1S/C21H25N5O3/c27-20(7-6-19-24-21(25-29-19)16-9-13-28-15-16)26(14-17-4-1-2-11-23-17)18-5-3-10-22-12-8-18/h1-2,4,9,11,13,15,18,22H,3,5-8,10,12,14H2. The van der Waals surface area contributed by atoms with E-state index < -0.39 is 0 Å². The summed E-state index contributed by atoms with van der Waals surface area (Å²) >= 11 is 0. The van der Waals surface area contributed by atoms with Gasteiger partial charge in [0, 0.05) is 25.1 Å². The van der Waals surface area contributed by atoms with E-state index in [1.807, 2.05) is 23.1 Å². The normalized spacial score (nSPS) is 17.0. The molecule has 1 fully saturated rings. The van der Waals surface area contributed by atoms with Gasteiger partial charge in [-0.3, -0.25) is 9.78 Å². The molecule has 0 radical (unpaired) electrons. The van der Waals surface area contributed by atoms with Gasteiger partial charge in [0.25, 0.3) is 0 Å². The number of aryl methyl sites for hydroxylation is 1. The van der Waals surface area contributed by atoms with Gasteiger partial charge in [-0.2, -0.15) is 4.98 Å². The van der Waals surface area contributed by atoms with Gasteiger partial charge in [-0.05, 0) is 50.6 Å². The van der Waals surface area contributed by atoms with Crippen LogP contribution in [0.15, 0.2) is 51.9 Å². The van der Waals surface area contributed by atoms with Crippen molar-refractivity contribution in [2.24, 2.45) is 0 Å². The summed E-state index contributed by atoms with van der Waals surface area (Å²) in [5, 5.41) is 7.38. The maximum Gasteiger partial charge on any atom is 0.227 e. The fraction of sp³-hybridized carbons (Fsp3) is 0.429. The van der Waals surface area contributed by atoms with Crippen LogP contribution in [0.25, 0.3) is 11.4 Å². The van der Waals surface area contributed by atoms with E-state index in [9.17, 15) is 4.79 Å². The third-order valence-corrected chi connectivity index (χ3v) is 5.17. The average Bonchev–Trinajstić information content (AvgIpc) is 3.38. The first kappa shape index (κ1) is 19.3. The largest absolute Gasteiger partial charge is 0.472 e. The Morgan fingerprint density at radius 1 is 1.24 bits per heavy atom. The fourth-order valence-corrected chi connectivity index (χ4v) is 3.62. The van der Waals surface area contributed by atoms with Crippen molar-refractivity contribution in [2.45, 2.75) is 44.7 Å². The van der Waals surface area contributed by atoms with Gasteiger partial charge in [-0.1, -0.05) is 11.2 Å². The molecule has 0 spiro atoms. The first-order valence-electron chi connectivity index (χ1n) is 10.0. The molecule has 3 aromatic heterocycles. The molecule has 0 aromatic carbocycles. The number of furan rings is 1. The molecular formula is C21H25N5O3. The minimum Gasteiger partial charge on any atom is -0.472 e. The molecule has 8 heteroatoms. The predicted octanol–water partition coefficient (Wildman–Crippen LogP) is 2.83.